The fourth-order valence-corrected chi connectivity index (χ4v) is 4.37. The number of aliphatic imine (C=N–C) groups is 1. The summed E-state index contributed by atoms with van der Waals surface area (Å²) in [6, 6.07) is 25.8. The molecule has 0 N–H and O–H groups in total. The maximum atomic E-state index is 12.6. The van der Waals surface area contributed by atoms with Gasteiger partial charge in [0.25, 0.3) is 0 Å². The molecule has 0 saturated heterocycles. The number of carbonyl (C=O) groups excluding carboxylic acids is 1. The summed E-state index contributed by atoms with van der Waals surface area (Å²) >= 11 is 1.65. The number of allylic oxidation sites excluding steroid dienone is 2. The highest BCUT2D eigenvalue weighted by molar-refractivity contribution is 7.99. The normalized spacial score (nSPS) is 11.6. The summed E-state index contributed by atoms with van der Waals surface area (Å²) in [5.41, 5.74) is 3.79. The number of terminal acetylenes is 1. The largest absolute Gasteiger partial charge is 0.487 e. The van der Waals surface area contributed by atoms with Gasteiger partial charge in [-0.3, -0.25) is 0 Å². The van der Waals surface area contributed by atoms with Gasteiger partial charge in [-0.25, -0.2) is 4.79 Å². The van der Waals surface area contributed by atoms with Crippen molar-refractivity contribution in [2.45, 2.75) is 37.2 Å². The molecule has 0 heterocycles. The molecule has 0 aliphatic carbocycles. The predicted molar refractivity (Wildman–Crippen MR) is 155 cm³/mol. The summed E-state index contributed by atoms with van der Waals surface area (Å²) in [7, 11) is 3.06. The SMILES string of the molecule is C#C/C(C(=O)OC)=C(/OCc1ccccc1)c1cccc(Sc2ccccc2)c1/C(C)=C\C.CC=NC. The predicted octanol–water partition coefficient (Wildman–Crippen LogP) is 7.70. The Morgan fingerprint density at radius 3 is 2.16 bits per heavy atom. The van der Waals surface area contributed by atoms with E-state index < -0.39 is 5.97 Å². The van der Waals surface area contributed by atoms with Crippen LogP contribution in [0.5, 0.6) is 0 Å². The Labute approximate surface area is 225 Å². The second-order valence-corrected chi connectivity index (χ2v) is 8.81. The van der Waals surface area contributed by atoms with Crippen LogP contribution in [0, 0.1) is 12.3 Å². The van der Waals surface area contributed by atoms with Crippen molar-refractivity contribution in [1.82, 2.24) is 0 Å². The maximum absolute atomic E-state index is 12.6. The quantitative estimate of drug-likeness (QED) is 0.102. The zero-order valence-corrected chi connectivity index (χ0v) is 22.8. The molecular weight excluding hydrogens is 478 g/mol. The second kappa shape index (κ2) is 15.9. The van der Waals surface area contributed by atoms with Crippen LogP contribution in [0.4, 0.5) is 0 Å². The van der Waals surface area contributed by atoms with E-state index in [4.69, 9.17) is 15.9 Å². The number of ether oxygens (including phenoxy) is 2. The smallest absolute Gasteiger partial charge is 0.350 e. The Hall–Kier alpha value is -4.01. The van der Waals surface area contributed by atoms with E-state index in [-0.39, 0.29) is 12.2 Å². The number of methoxy groups -OCH3 is 1. The minimum atomic E-state index is -0.606. The Kier molecular flexibility index (Phi) is 12.5. The van der Waals surface area contributed by atoms with E-state index in [0.29, 0.717) is 5.76 Å². The average molecular weight is 512 g/mol. The van der Waals surface area contributed by atoms with E-state index in [2.05, 4.69) is 29.1 Å². The highest BCUT2D eigenvalue weighted by Crippen LogP contribution is 2.39. The maximum Gasteiger partial charge on any atom is 0.350 e. The van der Waals surface area contributed by atoms with Crippen molar-refractivity contribution in [2.75, 3.05) is 14.2 Å². The highest BCUT2D eigenvalue weighted by atomic mass is 32.2. The van der Waals surface area contributed by atoms with Crippen LogP contribution in [0.3, 0.4) is 0 Å². The van der Waals surface area contributed by atoms with Crippen LogP contribution in [0.1, 0.15) is 37.5 Å². The molecule has 0 aromatic heterocycles. The third-order valence-corrected chi connectivity index (χ3v) is 6.38. The molecule has 0 atom stereocenters. The van der Waals surface area contributed by atoms with Crippen LogP contribution >= 0.6 is 11.8 Å². The molecule has 0 unspecified atom stereocenters. The lowest BCUT2D eigenvalue weighted by atomic mass is 9.97. The summed E-state index contributed by atoms with van der Waals surface area (Å²) in [5.74, 6) is 2.22. The number of nitrogens with zero attached hydrogens (tertiary/aromatic N) is 1. The Morgan fingerprint density at radius 2 is 1.62 bits per heavy atom. The first-order chi connectivity index (χ1) is 18.0. The van der Waals surface area contributed by atoms with E-state index in [0.717, 1.165) is 32.1 Å². The van der Waals surface area contributed by atoms with Crippen molar-refractivity contribution < 1.29 is 14.3 Å². The fraction of sp³-hybridized carbons (Fsp3) is 0.188. The number of hydrogen-bond donors (Lipinski definition) is 0. The van der Waals surface area contributed by atoms with Crippen molar-refractivity contribution in [1.29, 1.82) is 0 Å². The molecule has 0 saturated carbocycles. The summed E-state index contributed by atoms with van der Waals surface area (Å²) in [6.45, 7) is 6.18. The summed E-state index contributed by atoms with van der Waals surface area (Å²) < 4.78 is 11.2. The van der Waals surface area contributed by atoms with Crippen molar-refractivity contribution >= 4 is 35.3 Å². The molecule has 0 aliphatic heterocycles. The molecular formula is C32H33NO3S. The monoisotopic (exact) mass is 511 g/mol. The van der Waals surface area contributed by atoms with Gasteiger partial charge >= 0.3 is 5.97 Å². The van der Waals surface area contributed by atoms with E-state index >= 15 is 0 Å². The van der Waals surface area contributed by atoms with Crippen molar-refractivity contribution in [3.63, 3.8) is 0 Å². The van der Waals surface area contributed by atoms with Crippen LogP contribution < -0.4 is 0 Å². The summed E-state index contributed by atoms with van der Waals surface area (Å²) in [5, 5.41) is 0. The average Bonchev–Trinajstić information content (AvgIpc) is 2.95. The van der Waals surface area contributed by atoms with Gasteiger partial charge in [0.15, 0.2) is 11.3 Å². The molecule has 3 aromatic carbocycles. The molecule has 3 aromatic rings. The van der Waals surface area contributed by atoms with Gasteiger partial charge in [0, 0.05) is 28.0 Å². The number of benzene rings is 3. The first-order valence-corrected chi connectivity index (χ1v) is 12.6. The highest BCUT2D eigenvalue weighted by Gasteiger charge is 2.22. The van der Waals surface area contributed by atoms with Crippen LogP contribution in [-0.4, -0.2) is 26.3 Å². The molecule has 4 nitrogen and oxygen atoms in total. The number of rotatable bonds is 8. The molecule has 0 radical (unpaired) electrons. The molecule has 37 heavy (non-hydrogen) atoms. The van der Waals surface area contributed by atoms with Gasteiger partial charge in [0.05, 0.1) is 7.11 Å². The minimum Gasteiger partial charge on any atom is -0.487 e. The van der Waals surface area contributed by atoms with Gasteiger partial charge in [-0.05, 0) is 56.3 Å². The molecule has 0 aliphatic rings. The van der Waals surface area contributed by atoms with Crippen LogP contribution in [0.15, 0.2) is 105 Å². The van der Waals surface area contributed by atoms with Crippen molar-refractivity contribution in [3.8, 4) is 12.3 Å². The zero-order chi connectivity index (χ0) is 27.0. The fourth-order valence-electron chi connectivity index (χ4n) is 3.31. The number of esters is 1. The Balaban J connectivity index is 0.00000112. The van der Waals surface area contributed by atoms with Gasteiger partial charge in [-0.15, -0.1) is 6.42 Å². The molecule has 190 valence electrons. The standard InChI is InChI=1S/C29H26O3S.C3H7N/c1-5-21(3)27-25(18-13-19-26(27)33-23-16-11-8-12-17-23)28(24(6-2)29(30)31-4)32-20-22-14-9-7-10-15-22;1-3-4-2/h2,5,7-19H,20H2,1,3-4H3;3H,1-2H3/b21-5-,28-24-;. The van der Waals surface area contributed by atoms with Gasteiger partial charge in [0.2, 0.25) is 0 Å². The lowest BCUT2D eigenvalue weighted by Gasteiger charge is -2.19. The molecule has 0 spiro atoms. The van der Waals surface area contributed by atoms with E-state index in [1.54, 1.807) is 25.0 Å². The molecule has 0 fully saturated rings. The first kappa shape index (κ1) is 29.2. The van der Waals surface area contributed by atoms with Crippen LogP contribution in [0.2, 0.25) is 0 Å². The minimum absolute atomic E-state index is 0.0560. The summed E-state index contributed by atoms with van der Waals surface area (Å²) in [6.07, 6.45) is 9.56. The van der Waals surface area contributed by atoms with Gasteiger partial charge in [0.1, 0.15) is 6.61 Å². The van der Waals surface area contributed by atoms with E-state index in [9.17, 15) is 4.79 Å². The third kappa shape index (κ3) is 8.56. The Bertz CT molecular complexity index is 1280. The van der Waals surface area contributed by atoms with E-state index in [1.807, 2.05) is 87.5 Å². The van der Waals surface area contributed by atoms with E-state index in [1.165, 1.54) is 7.11 Å². The lowest BCUT2D eigenvalue weighted by molar-refractivity contribution is -0.135. The third-order valence-electron chi connectivity index (χ3n) is 5.31. The molecule has 3 rings (SSSR count). The zero-order valence-electron chi connectivity index (χ0n) is 22.0. The lowest BCUT2D eigenvalue weighted by Crippen LogP contribution is -2.10. The van der Waals surface area contributed by atoms with Crippen LogP contribution in [-0.2, 0) is 20.9 Å². The number of carbonyl (C=O) groups is 1. The first-order valence-electron chi connectivity index (χ1n) is 11.8. The van der Waals surface area contributed by atoms with Crippen molar-refractivity contribution in [2.24, 2.45) is 4.99 Å². The van der Waals surface area contributed by atoms with Gasteiger partial charge in [-0.1, -0.05) is 84.4 Å². The second-order valence-electron chi connectivity index (χ2n) is 7.70. The molecule has 0 bridgehead atoms. The summed E-state index contributed by atoms with van der Waals surface area (Å²) in [4.78, 5) is 18.3. The topological polar surface area (TPSA) is 47.9 Å². The van der Waals surface area contributed by atoms with Crippen LogP contribution in [0.25, 0.3) is 11.3 Å². The van der Waals surface area contributed by atoms with Gasteiger partial charge < -0.3 is 14.5 Å². The van der Waals surface area contributed by atoms with Crippen molar-refractivity contribution in [3.05, 3.63) is 107 Å². The molecule has 0 amide bonds. The Morgan fingerprint density at radius 1 is 1.00 bits per heavy atom. The number of hydrogen-bond acceptors (Lipinski definition) is 5. The van der Waals surface area contributed by atoms with Gasteiger partial charge in [-0.2, -0.15) is 0 Å². The molecule has 5 heteroatoms.